The molecule has 0 fully saturated rings. The van der Waals surface area contributed by atoms with Crippen molar-refractivity contribution in [2.75, 3.05) is 21.3 Å². The van der Waals surface area contributed by atoms with E-state index in [0.717, 1.165) is 30.3 Å². The molecule has 0 aliphatic heterocycles. The van der Waals surface area contributed by atoms with E-state index >= 15 is 0 Å². The maximum absolute atomic E-state index is 13.3. The number of oxime groups is 3. The van der Waals surface area contributed by atoms with Crippen molar-refractivity contribution in [1.29, 1.82) is 0 Å². The molecule has 0 N–H and O–H groups in total. The number of hydrogen-bond acceptors (Lipinski definition) is 6. The average molecular weight is 706 g/mol. The van der Waals surface area contributed by atoms with Gasteiger partial charge < -0.3 is 14.5 Å². The molecule has 0 unspecified atom stereocenters. The van der Waals surface area contributed by atoms with Crippen LogP contribution in [0.5, 0.6) is 0 Å². The zero-order valence-corrected chi connectivity index (χ0v) is 25.8. The number of nitrogens with zero attached hydrogens (tertiary/aromatic N) is 3. The highest BCUT2D eigenvalue weighted by Crippen LogP contribution is 2.32. The average Bonchev–Trinajstić information content (AvgIpc) is 2.96. The van der Waals surface area contributed by atoms with E-state index in [1.54, 1.807) is 0 Å². The smallest absolute Gasteiger partial charge is 0.399 e. The quantitative estimate of drug-likeness (QED) is 0.146. The highest BCUT2D eigenvalue weighted by molar-refractivity contribution is 5.99. The molecule has 264 valence electrons. The van der Waals surface area contributed by atoms with Crippen molar-refractivity contribution in [2.45, 2.75) is 39.3 Å². The highest BCUT2D eigenvalue weighted by Gasteiger charge is 2.33. The normalized spacial score (nSPS) is 12.8. The van der Waals surface area contributed by atoms with Gasteiger partial charge in [0.2, 0.25) is 0 Å². The van der Waals surface area contributed by atoms with E-state index in [2.05, 4.69) is 30.0 Å². The summed E-state index contributed by atoms with van der Waals surface area (Å²) in [6.07, 6.45) is -13.6. The Balaban J connectivity index is 0.000000360. The van der Waals surface area contributed by atoms with Crippen LogP contribution in [0, 0.1) is 17.5 Å². The van der Waals surface area contributed by atoms with E-state index < -0.39 is 52.7 Å². The van der Waals surface area contributed by atoms with Crippen LogP contribution in [-0.2, 0) is 33.0 Å². The molecular weight excluding hydrogens is 678 g/mol. The standard InChI is InChI=1S/3C10H9F4NO/c1-6(15-16-2)7-3-8(10(12,13)14)5-9(11)4-7;1-6(15-16-2)8-5-7(10(12,13)14)3-4-9(8)11;1-6(15-16-2)8-4-3-7(5-9(8)11)10(12,13)14/h3*3-5H,1-2H3. The first-order valence-electron chi connectivity index (χ1n) is 12.9. The van der Waals surface area contributed by atoms with Crippen molar-refractivity contribution in [3.63, 3.8) is 0 Å². The van der Waals surface area contributed by atoms with Gasteiger partial charge in [-0.2, -0.15) is 39.5 Å². The Bertz CT molecular complexity index is 1610. The number of benzene rings is 3. The SMILES string of the molecule is CON=C(C)c1cc(C(F)(F)F)ccc1F.CON=C(C)c1cc(F)cc(C(F)(F)F)c1.CON=C(C)c1ccc(C(F)(F)F)cc1F. The lowest BCUT2D eigenvalue weighted by Gasteiger charge is -2.09. The molecule has 0 amide bonds. The summed E-state index contributed by atoms with van der Waals surface area (Å²) in [6.45, 7) is 4.23. The third-order valence-electron chi connectivity index (χ3n) is 5.70. The Labute approximate surface area is 266 Å². The number of alkyl halides is 9. The Kier molecular flexibility index (Phi) is 15.0. The monoisotopic (exact) mass is 705 g/mol. The highest BCUT2D eigenvalue weighted by atomic mass is 19.4. The van der Waals surface area contributed by atoms with E-state index in [0.29, 0.717) is 24.3 Å². The first kappa shape index (κ1) is 41.3. The molecule has 3 aromatic carbocycles. The maximum atomic E-state index is 13.3. The number of halogens is 12. The van der Waals surface area contributed by atoms with Crippen molar-refractivity contribution in [3.8, 4) is 0 Å². The molecule has 6 nitrogen and oxygen atoms in total. The Hall–Kier alpha value is -4.77. The third-order valence-corrected chi connectivity index (χ3v) is 5.70. The lowest BCUT2D eigenvalue weighted by Crippen LogP contribution is -2.08. The lowest BCUT2D eigenvalue weighted by molar-refractivity contribution is -0.138. The van der Waals surface area contributed by atoms with E-state index in [1.807, 2.05) is 0 Å². The van der Waals surface area contributed by atoms with Gasteiger partial charge in [-0.15, -0.1) is 0 Å². The van der Waals surface area contributed by atoms with Crippen molar-refractivity contribution in [1.82, 2.24) is 0 Å². The topological polar surface area (TPSA) is 64.8 Å². The van der Waals surface area contributed by atoms with Crippen molar-refractivity contribution < 1.29 is 67.2 Å². The van der Waals surface area contributed by atoms with Gasteiger partial charge in [0.05, 0.1) is 33.8 Å². The predicted octanol–water partition coefficient (Wildman–Crippen LogP) is 9.64. The van der Waals surface area contributed by atoms with Gasteiger partial charge in [0, 0.05) is 16.7 Å². The van der Waals surface area contributed by atoms with Gasteiger partial charge in [0.1, 0.15) is 38.8 Å². The molecule has 0 aromatic heterocycles. The summed E-state index contributed by atoms with van der Waals surface area (Å²) in [5.74, 6) is -2.71. The van der Waals surface area contributed by atoms with Crippen LogP contribution in [0.3, 0.4) is 0 Å². The first-order chi connectivity index (χ1) is 22.1. The van der Waals surface area contributed by atoms with Crippen LogP contribution in [0.4, 0.5) is 52.7 Å². The van der Waals surface area contributed by atoms with Gasteiger partial charge >= 0.3 is 18.5 Å². The summed E-state index contributed by atoms with van der Waals surface area (Å²) < 4.78 is 150. The van der Waals surface area contributed by atoms with Gasteiger partial charge in [0.25, 0.3) is 0 Å². The van der Waals surface area contributed by atoms with Crippen LogP contribution in [0.15, 0.2) is 70.1 Å². The fourth-order valence-electron chi connectivity index (χ4n) is 3.49. The second kappa shape index (κ2) is 17.4. The van der Waals surface area contributed by atoms with E-state index in [-0.39, 0.29) is 33.8 Å². The van der Waals surface area contributed by atoms with E-state index in [4.69, 9.17) is 0 Å². The third kappa shape index (κ3) is 12.8. The van der Waals surface area contributed by atoms with E-state index in [9.17, 15) is 52.7 Å². The van der Waals surface area contributed by atoms with Gasteiger partial charge in [-0.25, -0.2) is 13.2 Å². The second-order valence-corrected chi connectivity index (χ2v) is 9.19. The number of rotatable bonds is 6. The molecule has 0 radical (unpaired) electrons. The molecule has 0 aliphatic carbocycles. The molecular formula is C30H27F12N3O3. The van der Waals surface area contributed by atoms with Crippen LogP contribution >= 0.6 is 0 Å². The largest absolute Gasteiger partial charge is 0.416 e. The molecule has 3 rings (SSSR count). The molecule has 3 aromatic rings. The molecule has 0 aliphatic rings. The zero-order valence-electron chi connectivity index (χ0n) is 25.8. The predicted molar refractivity (Wildman–Crippen MR) is 152 cm³/mol. The van der Waals surface area contributed by atoms with Crippen molar-refractivity contribution in [2.24, 2.45) is 15.5 Å². The fourth-order valence-corrected chi connectivity index (χ4v) is 3.49. The molecule has 0 saturated carbocycles. The maximum Gasteiger partial charge on any atom is 0.416 e. The van der Waals surface area contributed by atoms with Gasteiger partial charge in [-0.05, 0) is 75.4 Å². The Morgan fingerprint density at radius 2 is 0.917 bits per heavy atom. The van der Waals surface area contributed by atoms with Crippen LogP contribution in [0.1, 0.15) is 54.2 Å². The van der Waals surface area contributed by atoms with Crippen LogP contribution in [-0.4, -0.2) is 38.5 Å². The van der Waals surface area contributed by atoms with Crippen LogP contribution in [0.2, 0.25) is 0 Å². The summed E-state index contributed by atoms with van der Waals surface area (Å²) in [6, 6.07) is 6.61. The molecule has 18 heteroatoms. The van der Waals surface area contributed by atoms with Gasteiger partial charge in [0.15, 0.2) is 0 Å². The fraction of sp³-hybridized carbons (Fsp3) is 0.300. The van der Waals surface area contributed by atoms with E-state index in [1.165, 1.54) is 42.1 Å². The Morgan fingerprint density at radius 1 is 0.479 bits per heavy atom. The summed E-state index contributed by atoms with van der Waals surface area (Å²) in [7, 11) is 3.76. The molecule has 0 atom stereocenters. The van der Waals surface area contributed by atoms with Crippen LogP contribution < -0.4 is 0 Å². The summed E-state index contributed by atoms with van der Waals surface area (Å²) in [5, 5.41) is 10.3. The second-order valence-electron chi connectivity index (χ2n) is 9.19. The van der Waals surface area contributed by atoms with Crippen LogP contribution in [0.25, 0.3) is 0 Å². The minimum absolute atomic E-state index is 0.0187. The minimum Gasteiger partial charge on any atom is -0.399 e. The molecule has 0 bridgehead atoms. The first-order valence-corrected chi connectivity index (χ1v) is 12.9. The molecule has 0 saturated heterocycles. The number of hydrogen-bond donors (Lipinski definition) is 0. The summed E-state index contributed by atoms with van der Waals surface area (Å²) in [4.78, 5) is 13.2. The van der Waals surface area contributed by atoms with Gasteiger partial charge in [-0.3, -0.25) is 0 Å². The summed E-state index contributed by atoms with van der Waals surface area (Å²) in [5.41, 5.74) is -2.81. The van der Waals surface area contributed by atoms with Crippen molar-refractivity contribution >= 4 is 17.1 Å². The summed E-state index contributed by atoms with van der Waals surface area (Å²) >= 11 is 0. The minimum atomic E-state index is -4.58. The molecule has 48 heavy (non-hydrogen) atoms. The Morgan fingerprint density at radius 3 is 1.38 bits per heavy atom. The zero-order chi connectivity index (χ0) is 37.0. The molecule has 0 heterocycles. The van der Waals surface area contributed by atoms with Gasteiger partial charge in [-0.1, -0.05) is 15.5 Å². The lowest BCUT2D eigenvalue weighted by atomic mass is 10.1. The molecule has 0 spiro atoms. The van der Waals surface area contributed by atoms with Crippen molar-refractivity contribution in [3.05, 3.63) is 105 Å².